The van der Waals surface area contributed by atoms with Crippen molar-refractivity contribution in [3.63, 3.8) is 0 Å². The monoisotopic (exact) mass is 179 g/mol. The van der Waals surface area contributed by atoms with Crippen molar-refractivity contribution in [2.45, 2.75) is 19.9 Å². The first-order chi connectivity index (χ1) is 5.47. The van der Waals surface area contributed by atoms with Gasteiger partial charge in [-0.25, -0.2) is 0 Å². The second kappa shape index (κ2) is 8.45. The van der Waals surface area contributed by atoms with Crippen molar-refractivity contribution < 1.29 is 20.1 Å². The Balaban J connectivity index is 0. The van der Waals surface area contributed by atoms with Crippen molar-refractivity contribution in [1.82, 2.24) is 0 Å². The smallest absolute Gasteiger partial charge is 0.320 e. The number of hydrogen-bond acceptors (Lipinski definition) is 4. The van der Waals surface area contributed by atoms with Gasteiger partial charge in [-0.15, -0.1) is 0 Å². The number of carboxylic acids is 1. The number of rotatable bonds is 3. The molecular formula is C7H17NO4. The lowest BCUT2D eigenvalue weighted by molar-refractivity contribution is -0.139. The summed E-state index contributed by atoms with van der Waals surface area (Å²) in [5.41, 5.74) is 5.16. The highest BCUT2D eigenvalue weighted by Gasteiger charge is 2.14. The fourth-order valence-corrected chi connectivity index (χ4v) is 0.285. The van der Waals surface area contributed by atoms with Gasteiger partial charge in [-0.2, -0.15) is 0 Å². The van der Waals surface area contributed by atoms with Gasteiger partial charge in [0, 0.05) is 0 Å². The van der Waals surface area contributed by atoms with Crippen LogP contribution in [0.15, 0.2) is 0 Å². The van der Waals surface area contributed by atoms with Gasteiger partial charge in [-0.1, -0.05) is 13.8 Å². The summed E-state index contributed by atoms with van der Waals surface area (Å²) >= 11 is 0. The minimum absolute atomic E-state index is 0.0208. The summed E-state index contributed by atoms with van der Waals surface area (Å²) in [4.78, 5) is 10.0. The van der Waals surface area contributed by atoms with Gasteiger partial charge in [0.25, 0.3) is 0 Å². The second-order valence-corrected chi connectivity index (χ2v) is 2.56. The highest BCUT2D eigenvalue weighted by molar-refractivity contribution is 5.73. The van der Waals surface area contributed by atoms with Gasteiger partial charge >= 0.3 is 5.97 Å². The summed E-state index contributed by atoms with van der Waals surface area (Å²) < 4.78 is 0. The molecule has 0 fully saturated rings. The Bertz CT molecular complexity index is 114. The molecule has 0 amide bonds. The third kappa shape index (κ3) is 9.35. The van der Waals surface area contributed by atoms with Crippen LogP contribution in [0.1, 0.15) is 13.8 Å². The molecule has 0 bridgehead atoms. The van der Waals surface area contributed by atoms with Crippen molar-refractivity contribution in [3.8, 4) is 0 Å². The molecule has 0 aliphatic heterocycles. The molecule has 0 saturated heterocycles. The number of carbonyl (C=O) groups is 1. The van der Waals surface area contributed by atoms with Crippen LogP contribution in [0.25, 0.3) is 0 Å². The first kappa shape index (κ1) is 13.9. The summed E-state index contributed by atoms with van der Waals surface area (Å²) in [6, 6.07) is -0.713. The van der Waals surface area contributed by atoms with Crippen LogP contribution in [-0.4, -0.2) is 40.5 Å². The zero-order chi connectivity index (χ0) is 10.1. The normalized spacial score (nSPS) is 11.8. The first-order valence-electron chi connectivity index (χ1n) is 3.67. The van der Waals surface area contributed by atoms with Crippen molar-refractivity contribution in [2.24, 2.45) is 11.7 Å². The van der Waals surface area contributed by atoms with Gasteiger partial charge < -0.3 is 21.1 Å². The van der Waals surface area contributed by atoms with Crippen LogP contribution < -0.4 is 5.73 Å². The quantitative estimate of drug-likeness (QED) is 0.446. The van der Waals surface area contributed by atoms with Gasteiger partial charge in [0.15, 0.2) is 0 Å². The highest BCUT2D eigenvalue weighted by Crippen LogP contribution is 1.96. The van der Waals surface area contributed by atoms with Crippen LogP contribution in [0.2, 0.25) is 0 Å². The third-order valence-electron chi connectivity index (χ3n) is 1.10. The standard InChI is InChI=1S/C5H11NO2.C2H6O2/c1-3(2)4(6)5(7)8;3-1-2-4/h3-4H,6H2,1-2H3,(H,7,8);3-4H,1-2H2. The number of nitrogens with two attached hydrogens (primary N) is 1. The lowest BCUT2D eigenvalue weighted by Gasteiger charge is -2.07. The van der Waals surface area contributed by atoms with Crippen molar-refractivity contribution in [2.75, 3.05) is 13.2 Å². The molecule has 0 rings (SSSR count). The zero-order valence-corrected chi connectivity index (χ0v) is 7.40. The van der Waals surface area contributed by atoms with Crippen LogP contribution in [0.3, 0.4) is 0 Å². The predicted octanol–water partition coefficient (Wildman–Crippen LogP) is -0.975. The Kier molecular flexibility index (Phi) is 9.79. The number of aliphatic hydroxyl groups is 2. The van der Waals surface area contributed by atoms with E-state index < -0.39 is 12.0 Å². The molecule has 0 radical (unpaired) electrons. The Morgan fingerprint density at radius 1 is 1.33 bits per heavy atom. The Labute approximate surface area is 71.8 Å². The number of aliphatic carboxylic acids is 1. The molecule has 5 nitrogen and oxygen atoms in total. The molecule has 0 spiro atoms. The van der Waals surface area contributed by atoms with Gasteiger partial charge in [-0.3, -0.25) is 4.79 Å². The van der Waals surface area contributed by atoms with Gasteiger partial charge in [0.05, 0.1) is 13.2 Å². The molecule has 0 aromatic carbocycles. The number of aliphatic hydroxyl groups excluding tert-OH is 2. The molecule has 1 atom stereocenters. The first-order valence-corrected chi connectivity index (χ1v) is 3.67. The molecule has 0 saturated carbocycles. The maximum atomic E-state index is 10.0. The maximum absolute atomic E-state index is 10.0. The lowest BCUT2D eigenvalue weighted by atomic mass is 10.1. The highest BCUT2D eigenvalue weighted by atomic mass is 16.4. The second-order valence-electron chi connectivity index (χ2n) is 2.56. The predicted molar refractivity (Wildman–Crippen MR) is 44.6 cm³/mol. The van der Waals surface area contributed by atoms with Crippen LogP contribution in [0.4, 0.5) is 0 Å². The minimum atomic E-state index is -0.931. The molecule has 0 aromatic heterocycles. The lowest BCUT2D eigenvalue weighted by Crippen LogP contribution is -2.34. The molecule has 0 aromatic rings. The van der Waals surface area contributed by atoms with E-state index in [0.717, 1.165) is 0 Å². The van der Waals surface area contributed by atoms with Crippen LogP contribution in [0, 0.1) is 5.92 Å². The number of carboxylic acid groups (broad SMARTS) is 1. The Morgan fingerprint density at radius 2 is 1.67 bits per heavy atom. The maximum Gasteiger partial charge on any atom is 0.320 e. The van der Waals surface area contributed by atoms with Crippen LogP contribution in [0.5, 0.6) is 0 Å². The van der Waals surface area contributed by atoms with E-state index in [1.54, 1.807) is 13.8 Å². The van der Waals surface area contributed by atoms with E-state index in [9.17, 15) is 4.79 Å². The molecular weight excluding hydrogens is 162 g/mol. The third-order valence-corrected chi connectivity index (χ3v) is 1.10. The van der Waals surface area contributed by atoms with E-state index in [1.165, 1.54) is 0 Å². The summed E-state index contributed by atoms with van der Waals surface area (Å²) in [5.74, 6) is -0.910. The molecule has 5 N–H and O–H groups in total. The van der Waals surface area contributed by atoms with E-state index in [1.807, 2.05) is 0 Å². The Morgan fingerprint density at radius 3 is 1.67 bits per heavy atom. The summed E-state index contributed by atoms with van der Waals surface area (Å²) in [7, 11) is 0. The molecule has 0 heterocycles. The fraction of sp³-hybridized carbons (Fsp3) is 0.857. The van der Waals surface area contributed by atoms with Gasteiger partial charge in [0.1, 0.15) is 6.04 Å². The summed E-state index contributed by atoms with van der Waals surface area (Å²) in [6.07, 6.45) is 0. The van der Waals surface area contributed by atoms with Crippen molar-refractivity contribution >= 4 is 5.97 Å². The van der Waals surface area contributed by atoms with Crippen molar-refractivity contribution in [1.29, 1.82) is 0 Å². The summed E-state index contributed by atoms with van der Waals surface area (Å²) in [6.45, 7) is 3.30. The van der Waals surface area contributed by atoms with Crippen LogP contribution >= 0.6 is 0 Å². The Hall–Kier alpha value is -0.650. The topological polar surface area (TPSA) is 104 Å². The fourth-order valence-electron chi connectivity index (χ4n) is 0.285. The van der Waals surface area contributed by atoms with Crippen molar-refractivity contribution in [3.05, 3.63) is 0 Å². The molecule has 0 aliphatic rings. The number of hydrogen-bond donors (Lipinski definition) is 4. The van der Waals surface area contributed by atoms with Gasteiger partial charge in [-0.05, 0) is 5.92 Å². The van der Waals surface area contributed by atoms with E-state index >= 15 is 0 Å². The average molecular weight is 179 g/mol. The largest absolute Gasteiger partial charge is 0.480 e. The summed E-state index contributed by atoms with van der Waals surface area (Å²) in [5, 5.41) is 23.5. The molecule has 12 heavy (non-hydrogen) atoms. The molecule has 74 valence electrons. The molecule has 5 heteroatoms. The SMILES string of the molecule is CC(C)C(N)C(=O)O.OCCO. The molecule has 1 unspecified atom stereocenters. The van der Waals surface area contributed by atoms with E-state index in [0.29, 0.717) is 0 Å². The minimum Gasteiger partial charge on any atom is -0.480 e. The van der Waals surface area contributed by atoms with Crippen LogP contribution in [-0.2, 0) is 4.79 Å². The average Bonchev–Trinajstić information content (AvgIpc) is 2.03. The van der Waals surface area contributed by atoms with E-state index in [2.05, 4.69) is 0 Å². The zero-order valence-electron chi connectivity index (χ0n) is 7.40. The van der Waals surface area contributed by atoms with Gasteiger partial charge in [0.2, 0.25) is 0 Å². The van der Waals surface area contributed by atoms with E-state index in [4.69, 9.17) is 21.1 Å². The van der Waals surface area contributed by atoms with E-state index in [-0.39, 0.29) is 19.1 Å². The molecule has 0 aliphatic carbocycles.